The van der Waals surface area contributed by atoms with E-state index in [9.17, 15) is 4.79 Å². The Bertz CT molecular complexity index is 633. The van der Waals surface area contributed by atoms with E-state index in [2.05, 4.69) is 17.9 Å². The molecular weight excluding hydrogens is 318 g/mol. The fraction of sp³-hybridized carbons (Fsp3) is 0.579. The Morgan fingerprint density at radius 1 is 1.16 bits per heavy atom. The summed E-state index contributed by atoms with van der Waals surface area (Å²) in [5.74, 6) is 0.935. The van der Waals surface area contributed by atoms with E-state index in [-0.39, 0.29) is 5.91 Å². The summed E-state index contributed by atoms with van der Waals surface area (Å²) in [7, 11) is 0. The molecule has 0 N–H and O–H groups in total. The molecule has 3 heterocycles. The molecule has 6 heteroatoms. The van der Waals surface area contributed by atoms with Gasteiger partial charge < -0.3 is 19.3 Å². The molecule has 0 saturated carbocycles. The summed E-state index contributed by atoms with van der Waals surface area (Å²) in [5.41, 5.74) is 2.56. The molecule has 2 aliphatic rings. The number of ether oxygens (including phenoxy) is 2. The number of hydrogen-bond acceptors (Lipinski definition) is 5. The van der Waals surface area contributed by atoms with E-state index in [1.807, 2.05) is 24.0 Å². The summed E-state index contributed by atoms with van der Waals surface area (Å²) in [6.45, 7) is 9.58. The Balaban J connectivity index is 1.97. The standard InChI is InChI=1S/C19H27N3O3/c1-3-4-5-16-15(2)20-18(21-6-10-24-11-7-21)14-17(16)19(23)22-8-12-25-13-9-22/h4-5,14H,3,6-13H2,1-2H3/b5-4-. The van der Waals surface area contributed by atoms with Crippen molar-refractivity contribution in [2.45, 2.75) is 20.3 Å². The summed E-state index contributed by atoms with van der Waals surface area (Å²) in [6.07, 6.45) is 5.03. The normalized spacial score (nSPS) is 18.8. The minimum absolute atomic E-state index is 0.0686. The van der Waals surface area contributed by atoms with Crippen molar-refractivity contribution < 1.29 is 14.3 Å². The summed E-state index contributed by atoms with van der Waals surface area (Å²) in [4.78, 5) is 22.0. The van der Waals surface area contributed by atoms with Crippen LogP contribution < -0.4 is 4.90 Å². The Morgan fingerprint density at radius 2 is 1.80 bits per heavy atom. The number of carbonyl (C=O) groups excluding carboxylic acids is 1. The molecule has 6 nitrogen and oxygen atoms in total. The van der Waals surface area contributed by atoms with Crippen LogP contribution >= 0.6 is 0 Å². The third-order valence-electron chi connectivity index (χ3n) is 4.62. The molecule has 0 radical (unpaired) electrons. The first-order valence-corrected chi connectivity index (χ1v) is 9.08. The number of carbonyl (C=O) groups is 1. The molecule has 1 aromatic heterocycles. The lowest BCUT2D eigenvalue weighted by Gasteiger charge is -2.30. The van der Waals surface area contributed by atoms with Crippen LogP contribution in [0.5, 0.6) is 0 Å². The topological polar surface area (TPSA) is 54.9 Å². The number of aryl methyl sites for hydroxylation is 1. The van der Waals surface area contributed by atoms with Crippen molar-refractivity contribution in [3.8, 4) is 0 Å². The van der Waals surface area contributed by atoms with Crippen LogP contribution in [0.25, 0.3) is 6.08 Å². The Morgan fingerprint density at radius 3 is 2.44 bits per heavy atom. The van der Waals surface area contributed by atoms with Gasteiger partial charge in [0.25, 0.3) is 5.91 Å². The van der Waals surface area contributed by atoms with Crippen molar-refractivity contribution in [3.63, 3.8) is 0 Å². The first kappa shape index (κ1) is 17.9. The van der Waals surface area contributed by atoms with E-state index in [1.165, 1.54) is 0 Å². The molecule has 1 aromatic rings. The molecule has 0 aromatic carbocycles. The van der Waals surface area contributed by atoms with Crippen molar-refractivity contribution in [3.05, 3.63) is 29.0 Å². The van der Waals surface area contributed by atoms with Gasteiger partial charge in [-0.15, -0.1) is 0 Å². The number of aromatic nitrogens is 1. The highest BCUT2D eigenvalue weighted by molar-refractivity contribution is 5.99. The lowest BCUT2D eigenvalue weighted by atomic mass is 10.0. The Kier molecular flexibility index (Phi) is 6.04. The Hall–Kier alpha value is -1.92. The van der Waals surface area contributed by atoms with Gasteiger partial charge in [-0.3, -0.25) is 4.79 Å². The van der Waals surface area contributed by atoms with Gasteiger partial charge in [-0.1, -0.05) is 19.1 Å². The molecule has 0 spiro atoms. The summed E-state index contributed by atoms with van der Waals surface area (Å²) < 4.78 is 10.8. The zero-order chi connectivity index (χ0) is 17.6. The predicted molar refractivity (Wildman–Crippen MR) is 98.1 cm³/mol. The van der Waals surface area contributed by atoms with Crippen LogP contribution in [-0.4, -0.2) is 68.4 Å². The second kappa shape index (κ2) is 8.45. The maximum Gasteiger partial charge on any atom is 0.254 e. The number of morpholine rings is 2. The molecule has 2 fully saturated rings. The van der Waals surface area contributed by atoms with Gasteiger partial charge in [-0.25, -0.2) is 4.98 Å². The Labute approximate surface area is 149 Å². The van der Waals surface area contributed by atoms with Crippen LogP contribution in [0.4, 0.5) is 5.82 Å². The van der Waals surface area contributed by atoms with Gasteiger partial charge in [0.2, 0.25) is 0 Å². The van der Waals surface area contributed by atoms with Gasteiger partial charge in [0.05, 0.1) is 32.0 Å². The quantitative estimate of drug-likeness (QED) is 0.837. The monoisotopic (exact) mass is 345 g/mol. The van der Waals surface area contributed by atoms with Crippen molar-refractivity contribution in [1.29, 1.82) is 0 Å². The van der Waals surface area contributed by atoms with Gasteiger partial charge in [0.15, 0.2) is 0 Å². The number of hydrogen-bond donors (Lipinski definition) is 0. The number of allylic oxidation sites excluding steroid dienone is 1. The lowest BCUT2D eigenvalue weighted by molar-refractivity contribution is 0.0302. The van der Waals surface area contributed by atoms with Crippen molar-refractivity contribution in [2.24, 2.45) is 0 Å². The van der Waals surface area contributed by atoms with Gasteiger partial charge in [0, 0.05) is 37.4 Å². The first-order chi connectivity index (χ1) is 12.2. The summed E-state index contributed by atoms with van der Waals surface area (Å²) >= 11 is 0. The van der Waals surface area contributed by atoms with E-state index in [0.717, 1.165) is 42.1 Å². The van der Waals surface area contributed by atoms with Crippen LogP contribution in [0, 0.1) is 6.92 Å². The van der Waals surface area contributed by atoms with Crippen LogP contribution in [-0.2, 0) is 9.47 Å². The highest BCUT2D eigenvalue weighted by atomic mass is 16.5. The van der Waals surface area contributed by atoms with E-state index in [0.29, 0.717) is 39.5 Å². The number of rotatable bonds is 4. The zero-order valence-corrected chi connectivity index (χ0v) is 15.2. The summed E-state index contributed by atoms with van der Waals surface area (Å²) in [5, 5.41) is 0. The molecule has 3 rings (SSSR count). The maximum atomic E-state index is 13.1. The predicted octanol–water partition coefficient (Wildman–Crippen LogP) is 2.12. The van der Waals surface area contributed by atoms with E-state index < -0.39 is 0 Å². The fourth-order valence-electron chi connectivity index (χ4n) is 3.18. The van der Waals surface area contributed by atoms with Gasteiger partial charge in [-0.2, -0.15) is 0 Å². The SMILES string of the molecule is CC/C=C\c1c(C(=O)N2CCOCC2)cc(N2CCOCC2)nc1C. The van der Waals surface area contributed by atoms with E-state index >= 15 is 0 Å². The van der Waals surface area contributed by atoms with E-state index in [1.54, 1.807) is 0 Å². The largest absolute Gasteiger partial charge is 0.378 e. The number of nitrogens with zero attached hydrogens (tertiary/aromatic N) is 3. The van der Waals surface area contributed by atoms with Crippen LogP contribution in [0.1, 0.15) is 35.0 Å². The second-order valence-corrected chi connectivity index (χ2v) is 6.34. The van der Waals surface area contributed by atoms with Crippen molar-refractivity contribution in [1.82, 2.24) is 9.88 Å². The smallest absolute Gasteiger partial charge is 0.254 e. The molecule has 136 valence electrons. The fourth-order valence-corrected chi connectivity index (χ4v) is 3.18. The minimum atomic E-state index is 0.0686. The molecular formula is C19H27N3O3. The third-order valence-corrected chi connectivity index (χ3v) is 4.62. The zero-order valence-electron chi connectivity index (χ0n) is 15.2. The average Bonchev–Trinajstić information content (AvgIpc) is 2.67. The summed E-state index contributed by atoms with van der Waals surface area (Å²) in [6, 6.07) is 1.95. The van der Waals surface area contributed by atoms with Crippen molar-refractivity contribution in [2.75, 3.05) is 57.5 Å². The highest BCUT2D eigenvalue weighted by Gasteiger charge is 2.24. The molecule has 0 unspecified atom stereocenters. The third kappa shape index (κ3) is 4.19. The first-order valence-electron chi connectivity index (χ1n) is 9.08. The number of pyridine rings is 1. The highest BCUT2D eigenvalue weighted by Crippen LogP contribution is 2.24. The molecule has 2 aliphatic heterocycles. The molecule has 2 saturated heterocycles. The van der Waals surface area contributed by atoms with Gasteiger partial charge in [0.1, 0.15) is 5.82 Å². The number of amides is 1. The molecule has 0 bridgehead atoms. The van der Waals surface area contributed by atoms with Gasteiger partial charge in [-0.05, 0) is 19.4 Å². The molecule has 25 heavy (non-hydrogen) atoms. The molecule has 0 aliphatic carbocycles. The lowest BCUT2D eigenvalue weighted by Crippen LogP contribution is -2.41. The molecule has 0 atom stereocenters. The van der Waals surface area contributed by atoms with Crippen molar-refractivity contribution >= 4 is 17.8 Å². The minimum Gasteiger partial charge on any atom is -0.378 e. The second-order valence-electron chi connectivity index (χ2n) is 6.34. The maximum absolute atomic E-state index is 13.1. The van der Waals surface area contributed by atoms with Crippen LogP contribution in [0.15, 0.2) is 12.1 Å². The number of anilines is 1. The average molecular weight is 345 g/mol. The molecule has 1 amide bonds. The van der Waals surface area contributed by atoms with Crippen LogP contribution in [0.3, 0.4) is 0 Å². The van der Waals surface area contributed by atoms with Gasteiger partial charge >= 0.3 is 0 Å². The van der Waals surface area contributed by atoms with E-state index in [4.69, 9.17) is 14.5 Å². The van der Waals surface area contributed by atoms with Crippen LogP contribution in [0.2, 0.25) is 0 Å².